The van der Waals surface area contributed by atoms with E-state index < -0.39 is 5.97 Å². The number of ether oxygens (including phenoxy) is 1. The second-order valence-corrected chi connectivity index (χ2v) is 5.17. The van der Waals surface area contributed by atoms with Gasteiger partial charge in [-0.3, -0.25) is 4.79 Å². The molecule has 1 aromatic carbocycles. The van der Waals surface area contributed by atoms with E-state index in [0.29, 0.717) is 11.3 Å². The first-order valence-corrected chi connectivity index (χ1v) is 6.99. The van der Waals surface area contributed by atoms with Gasteiger partial charge in [0.25, 0.3) is 0 Å². The highest BCUT2D eigenvalue weighted by Gasteiger charge is 2.17. The molecule has 0 saturated heterocycles. The lowest BCUT2D eigenvalue weighted by Gasteiger charge is -2.08. The summed E-state index contributed by atoms with van der Waals surface area (Å²) >= 11 is 3.35. The molecule has 0 bridgehead atoms. The molecule has 1 heterocycles. The van der Waals surface area contributed by atoms with Crippen molar-refractivity contribution in [2.24, 2.45) is 0 Å². The van der Waals surface area contributed by atoms with Gasteiger partial charge in [-0.05, 0) is 31.5 Å². The van der Waals surface area contributed by atoms with E-state index in [1.54, 1.807) is 13.8 Å². The summed E-state index contributed by atoms with van der Waals surface area (Å²) in [5.74, 6) is -0.605. The molecule has 0 radical (unpaired) electrons. The molecule has 0 unspecified atom stereocenters. The van der Waals surface area contributed by atoms with Crippen LogP contribution < -0.4 is 5.43 Å². The summed E-state index contributed by atoms with van der Waals surface area (Å²) in [4.78, 5) is 27.2. The molecule has 5 heteroatoms. The number of nitrogens with one attached hydrogen (secondary N) is 1. The fraction of sp³-hybridized carbons (Fsp3) is 0.200. The van der Waals surface area contributed by atoms with Crippen molar-refractivity contribution in [3.8, 4) is 11.1 Å². The van der Waals surface area contributed by atoms with Crippen molar-refractivity contribution in [3.05, 3.63) is 56.4 Å². The lowest BCUT2D eigenvalue weighted by molar-refractivity contribution is 0.0524. The molecule has 0 aliphatic carbocycles. The summed E-state index contributed by atoms with van der Waals surface area (Å²) < 4.78 is 5.82. The number of esters is 1. The van der Waals surface area contributed by atoms with E-state index in [-0.39, 0.29) is 17.6 Å². The van der Waals surface area contributed by atoms with Crippen LogP contribution >= 0.6 is 15.9 Å². The Balaban J connectivity index is 2.58. The van der Waals surface area contributed by atoms with Crippen LogP contribution in [0.15, 0.2) is 39.7 Å². The Morgan fingerprint density at radius 1 is 1.30 bits per heavy atom. The van der Waals surface area contributed by atoms with E-state index in [4.69, 9.17) is 4.74 Å². The first kappa shape index (κ1) is 14.5. The van der Waals surface area contributed by atoms with Crippen molar-refractivity contribution >= 4 is 21.9 Å². The topological polar surface area (TPSA) is 59.2 Å². The first-order chi connectivity index (χ1) is 9.54. The molecule has 2 aromatic rings. The number of aromatic nitrogens is 1. The van der Waals surface area contributed by atoms with Crippen LogP contribution in [0.4, 0.5) is 0 Å². The van der Waals surface area contributed by atoms with Crippen molar-refractivity contribution in [2.75, 3.05) is 6.61 Å². The minimum Gasteiger partial charge on any atom is -0.462 e. The number of benzene rings is 1. The number of hydrogen-bond donors (Lipinski definition) is 1. The van der Waals surface area contributed by atoms with Crippen LogP contribution in [0.1, 0.15) is 23.0 Å². The average Bonchev–Trinajstić information content (AvgIpc) is 2.41. The maximum Gasteiger partial charge on any atom is 0.343 e. The van der Waals surface area contributed by atoms with Gasteiger partial charge in [0.1, 0.15) is 5.56 Å². The smallest absolute Gasteiger partial charge is 0.343 e. The molecule has 0 aliphatic heterocycles. The third-order valence-corrected chi connectivity index (χ3v) is 3.44. The van der Waals surface area contributed by atoms with E-state index in [2.05, 4.69) is 20.9 Å². The molecule has 0 atom stereocenters. The molecule has 2 rings (SSSR count). The average molecular weight is 336 g/mol. The second-order valence-electron chi connectivity index (χ2n) is 4.26. The Hall–Kier alpha value is -1.88. The maximum atomic E-state index is 12.5. The van der Waals surface area contributed by atoms with Gasteiger partial charge in [0.2, 0.25) is 5.43 Å². The van der Waals surface area contributed by atoms with Crippen molar-refractivity contribution < 1.29 is 9.53 Å². The first-order valence-electron chi connectivity index (χ1n) is 6.20. The van der Waals surface area contributed by atoms with Crippen LogP contribution in [0.5, 0.6) is 0 Å². The van der Waals surface area contributed by atoms with Crippen molar-refractivity contribution in [3.63, 3.8) is 0 Å². The van der Waals surface area contributed by atoms with Gasteiger partial charge in [0.05, 0.1) is 6.61 Å². The summed E-state index contributed by atoms with van der Waals surface area (Å²) in [6.07, 6.45) is 1.40. The van der Waals surface area contributed by atoms with Gasteiger partial charge in [-0.15, -0.1) is 0 Å². The summed E-state index contributed by atoms with van der Waals surface area (Å²) in [6, 6.07) is 7.36. The van der Waals surface area contributed by atoms with Crippen LogP contribution in [-0.4, -0.2) is 17.6 Å². The Labute approximate surface area is 124 Å². The van der Waals surface area contributed by atoms with E-state index in [1.807, 2.05) is 24.3 Å². The normalized spacial score (nSPS) is 10.3. The minimum absolute atomic E-state index is 0.0235. The molecule has 4 nitrogen and oxygen atoms in total. The molecule has 0 amide bonds. The number of pyridine rings is 1. The van der Waals surface area contributed by atoms with Gasteiger partial charge in [-0.2, -0.15) is 0 Å². The number of aryl methyl sites for hydroxylation is 1. The van der Waals surface area contributed by atoms with Gasteiger partial charge in [0, 0.05) is 21.9 Å². The summed E-state index contributed by atoms with van der Waals surface area (Å²) in [5, 5.41) is 0. The molecule has 0 aliphatic rings. The Kier molecular flexibility index (Phi) is 4.39. The highest BCUT2D eigenvalue weighted by Crippen LogP contribution is 2.21. The SMILES string of the molecule is CCOC(=O)c1c[nH]c(C)c(-c2ccc(Br)cc2)c1=O. The third-order valence-electron chi connectivity index (χ3n) is 2.91. The Morgan fingerprint density at radius 3 is 2.55 bits per heavy atom. The number of hydrogen-bond acceptors (Lipinski definition) is 3. The van der Waals surface area contributed by atoms with Crippen LogP contribution in [0.25, 0.3) is 11.1 Å². The second kappa shape index (κ2) is 6.05. The van der Waals surface area contributed by atoms with E-state index in [1.165, 1.54) is 6.20 Å². The minimum atomic E-state index is -0.605. The van der Waals surface area contributed by atoms with Crippen LogP contribution in [0.3, 0.4) is 0 Å². The molecule has 20 heavy (non-hydrogen) atoms. The predicted molar refractivity (Wildman–Crippen MR) is 80.9 cm³/mol. The zero-order valence-corrected chi connectivity index (χ0v) is 12.8. The van der Waals surface area contributed by atoms with Gasteiger partial charge in [-0.25, -0.2) is 4.79 Å². The fourth-order valence-corrected chi connectivity index (χ4v) is 2.21. The van der Waals surface area contributed by atoms with Crippen LogP contribution in [0.2, 0.25) is 0 Å². The summed E-state index contributed by atoms with van der Waals surface area (Å²) in [7, 11) is 0. The lowest BCUT2D eigenvalue weighted by atomic mass is 10.0. The highest BCUT2D eigenvalue weighted by atomic mass is 79.9. The molecular formula is C15H14BrNO3. The molecule has 1 aromatic heterocycles. The van der Waals surface area contributed by atoms with E-state index >= 15 is 0 Å². The largest absolute Gasteiger partial charge is 0.462 e. The fourth-order valence-electron chi connectivity index (χ4n) is 1.95. The molecule has 0 fully saturated rings. The van der Waals surface area contributed by atoms with Crippen molar-refractivity contribution in [2.45, 2.75) is 13.8 Å². The number of aromatic amines is 1. The van der Waals surface area contributed by atoms with Crippen LogP contribution in [-0.2, 0) is 4.74 Å². The molecule has 104 valence electrons. The van der Waals surface area contributed by atoms with Gasteiger partial charge < -0.3 is 9.72 Å². The number of carbonyl (C=O) groups excluding carboxylic acids is 1. The third kappa shape index (κ3) is 2.82. The monoisotopic (exact) mass is 335 g/mol. The quantitative estimate of drug-likeness (QED) is 0.875. The number of halogens is 1. The summed E-state index contributed by atoms with van der Waals surface area (Å²) in [5.41, 5.74) is 1.67. The zero-order chi connectivity index (χ0) is 14.7. The molecular weight excluding hydrogens is 322 g/mol. The summed E-state index contributed by atoms with van der Waals surface area (Å²) in [6.45, 7) is 3.74. The van der Waals surface area contributed by atoms with Crippen molar-refractivity contribution in [1.82, 2.24) is 4.98 Å². The number of rotatable bonds is 3. The zero-order valence-electron chi connectivity index (χ0n) is 11.2. The molecule has 0 spiro atoms. The van der Waals surface area contributed by atoms with Crippen LogP contribution in [0, 0.1) is 6.92 Å². The highest BCUT2D eigenvalue weighted by molar-refractivity contribution is 9.10. The van der Waals surface area contributed by atoms with Gasteiger partial charge in [-0.1, -0.05) is 28.1 Å². The molecule has 1 N–H and O–H groups in total. The van der Waals surface area contributed by atoms with E-state index in [0.717, 1.165) is 10.0 Å². The standard InChI is InChI=1S/C15H14BrNO3/c1-3-20-15(19)12-8-17-9(2)13(14(12)18)10-4-6-11(16)7-5-10/h4-8H,3H2,1-2H3,(H,17,18). The Bertz CT molecular complexity index is 689. The number of carbonyl (C=O) groups is 1. The van der Waals surface area contributed by atoms with Gasteiger partial charge >= 0.3 is 5.97 Å². The molecule has 0 saturated carbocycles. The van der Waals surface area contributed by atoms with Crippen molar-refractivity contribution in [1.29, 1.82) is 0 Å². The predicted octanol–water partition coefficient (Wildman–Crippen LogP) is 3.29. The Morgan fingerprint density at radius 2 is 1.95 bits per heavy atom. The maximum absolute atomic E-state index is 12.5. The van der Waals surface area contributed by atoms with E-state index in [9.17, 15) is 9.59 Å². The van der Waals surface area contributed by atoms with Gasteiger partial charge in [0.15, 0.2) is 0 Å². The lowest BCUT2D eigenvalue weighted by Crippen LogP contribution is -2.20. The number of H-pyrrole nitrogens is 1.